The van der Waals surface area contributed by atoms with Crippen LogP contribution in [0.1, 0.15) is 19.8 Å². The second kappa shape index (κ2) is 2.64. The Bertz CT molecular complexity index is 349. The fourth-order valence-electron chi connectivity index (χ4n) is 3.61. The number of carbonyl (C=O) groups excluding carboxylic acids is 1. The second-order valence-corrected chi connectivity index (χ2v) is 5.33. The zero-order chi connectivity index (χ0) is 10.7. The van der Waals surface area contributed by atoms with Crippen molar-refractivity contribution in [3.8, 4) is 0 Å². The summed E-state index contributed by atoms with van der Waals surface area (Å²) >= 11 is 0. The molecule has 0 aromatic rings. The number of allylic oxidation sites excluding steroid dienone is 2. The van der Waals surface area contributed by atoms with Gasteiger partial charge in [-0.3, -0.25) is 4.79 Å². The summed E-state index contributed by atoms with van der Waals surface area (Å²) < 4.78 is 5.07. The molecule has 3 heteroatoms. The zero-order valence-corrected chi connectivity index (χ0v) is 8.90. The van der Waals surface area contributed by atoms with Crippen LogP contribution >= 0.6 is 0 Å². The monoisotopic (exact) mass is 208 g/mol. The van der Waals surface area contributed by atoms with Crippen LogP contribution in [-0.2, 0) is 9.53 Å². The first-order valence-corrected chi connectivity index (χ1v) is 5.61. The molecule has 0 aromatic carbocycles. The van der Waals surface area contributed by atoms with Gasteiger partial charge < -0.3 is 9.84 Å². The quantitative estimate of drug-likeness (QED) is 0.558. The van der Waals surface area contributed by atoms with E-state index < -0.39 is 0 Å². The third-order valence-electron chi connectivity index (χ3n) is 4.53. The topological polar surface area (TPSA) is 46.5 Å². The highest BCUT2D eigenvalue weighted by Crippen LogP contribution is 2.77. The maximum absolute atomic E-state index is 11.9. The molecular weight excluding hydrogens is 192 g/mol. The first-order chi connectivity index (χ1) is 7.13. The normalized spacial score (nSPS) is 49.2. The van der Waals surface area contributed by atoms with Crippen LogP contribution in [0.5, 0.6) is 0 Å². The van der Waals surface area contributed by atoms with Crippen molar-refractivity contribution in [1.29, 1.82) is 0 Å². The van der Waals surface area contributed by atoms with Crippen molar-refractivity contribution in [1.82, 2.24) is 0 Å². The summed E-state index contributed by atoms with van der Waals surface area (Å²) in [4.78, 5) is 11.9. The van der Waals surface area contributed by atoms with Gasteiger partial charge in [-0.15, -0.1) is 0 Å². The Morgan fingerprint density at radius 1 is 1.60 bits per heavy atom. The standard InChI is InChI=1S/C12H16O3/c1-11(10(14)15-5-4-13)6-8-7-12(8)3-2-9(11)12/h2-3,8-9,13H,4-7H2,1H3. The molecule has 0 aromatic heterocycles. The number of carbonyl (C=O) groups is 1. The summed E-state index contributed by atoms with van der Waals surface area (Å²) in [6.45, 7) is 2.05. The van der Waals surface area contributed by atoms with Crippen LogP contribution in [0.25, 0.3) is 0 Å². The van der Waals surface area contributed by atoms with E-state index in [9.17, 15) is 4.79 Å². The van der Waals surface area contributed by atoms with Gasteiger partial charge in [0.2, 0.25) is 0 Å². The van der Waals surface area contributed by atoms with Gasteiger partial charge in [-0.1, -0.05) is 12.2 Å². The highest BCUT2D eigenvalue weighted by atomic mass is 16.5. The lowest BCUT2D eigenvalue weighted by Crippen LogP contribution is -2.40. The Morgan fingerprint density at radius 3 is 2.93 bits per heavy atom. The van der Waals surface area contributed by atoms with E-state index in [0.717, 1.165) is 6.42 Å². The number of hydrogen-bond acceptors (Lipinski definition) is 3. The molecule has 0 radical (unpaired) electrons. The van der Waals surface area contributed by atoms with Gasteiger partial charge in [0.1, 0.15) is 6.61 Å². The van der Waals surface area contributed by atoms with Crippen LogP contribution in [0.2, 0.25) is 0 Å². The van der Waals surface area contributed by atoms with Gasteiger partial charge in [0.15, 0.2) is 0 Å². The second-order valence-electron chi connectivity index (χ2n) is 5.33. The van der Waals surface area contributed by atoms with Crippen molar-refractivity contribution in [2.45, 2.75) is 19.8 Å². The number of esters is 1. The largest absolute Gasteiger partial charge is 0.463 e. The molecule has 15 heavy (non-hydrogen) atoms. The van der Waals surface area contributed by atoms with Gasteiger partial charge in [0.25, 0.3) is 0 Å². The molecule has 3 rings (SSSR count). The Hall–Kier alpha value is -0.830. The highest BCUT2D eigenvalue weighted by molar-refractivity contribution is 5.79. The summed E-state index contributed by atoms with van der Waals surface area (Å²) in [6, 6.07) is 0. The first-order valence-electron chi connectivity index (χ1n) is 5.61. The Morgan fingerprint density at radius 2 is 2.40 bits per heavy atom. The molecule has 1 spiro atoms. The summed E-state index contributed by atoms with van der Waals surface area (Å²) in [5, 5.41) is 8.64. The summed E-state index contributed by atoms with van der Waals surface area (Å²) in [5.41, 5.74) is 0.0415. The molecule has 0 aliphatic heterocycles. The molecule has 1 N–H and O–H groups in total. The van der Waals surface area contributed by atoms with Crippen LogP contribution in [0.15, 0.2) is 12.2 Å². The number of ether oxygens (including phenoxy) is 1. The number of aliphatic hydroxyl groups is 1. The van der Waals surface area contributed by atoms with E-state index >= 15 is 0 Å². The maximum Gasteiger partial charge on any atom is 0.312 e. The molecular formula is C12H16O3. The molecule has 3 aliphatic carbocycles. The molecule has 2 saturated carbocycles. The molecule has 0 bridgehead atoms. The lowest BCUT2D eigenvalue weighted by atomic mass is 9.67. The Kier molecular flexibility index (Phi) is 1.66. The van der Waals surface area contributed by atoms with Crippen molar-refractivity contribution >= 4 is 5.97 Å². The Balaban J connectivity index is 1.76. The number of hydrogen-bond donors (Lipinski definition) is 1. The van der Waals surface area contributed by atoms with Crippen LogP contribution in [0.4, 0.5) is 0 Å². The SMILES string of the molecule is CC1(C(=O)OCCO)CC2CC23C=CC13. The van der Waals surface area contributed by atoms with Crippen LogP contribution in [-0.4, -0.2) is 24.3 Å². The molecule has 3 nitrogen and oxygen atoms in total. The van der Waals surface area contributed by atoms with E-state index in [4.69, 9.17) is 9.84 Å². The number of aliphatic hydroxyl groups excluding tert-OH is 1. The van der Waals surface area contributed by atoms with E-state index in [2.05, 4.69) is 12.2 Å². The van der Waals surface area contributed by atoms with E-state index in [1.807, 2.05) is 6.92 Å². The first kappa shape index (κ1) is 9.40. The van der Waals surface area contributed by atoms with Gasteiger partial charge in [-0.25, -0.2) is 0 Å². The summed E-state index contributed by atoms with van der Waals surface area (Å²) in [7, 11) is 0. The van der Waals surface area contributed by atoms with Crippen molar-refractivity contribution < 1.29 is 14.6 Å². The van der Waals surface area contributed by atoms with E-state index in [0.29, 0.717) is 17.3 Å². The molecule has 3 aliphatic rings. The van der Waals surface area contributed by atoms with Crippen molar-refractivity contribution in [2.24, 2.45) is 22.7 Å². The van der Waals surface area contributed by atoms with Gasteiger partial charge >= 0.3 is 5.97 Å². The fourth-order valence-corrected chi connectivity index (χ4v) is 3.61. The zero-order valence-electron chi connectivity index (χ0n) is 8.90. The smallest absolute Gasteiger partial charge is 0.312 e. The van der Waals surface area contributed by atoms with E-state index in [-0.39, 0.29) is 24.6 Å². The van der Waals surface area contributed by atoms with Gasteiger partial charge in [0.05, 0.1) is 12.0 Å². The number of rotatable bonds is 3. The minimum absolute atomic E-state index is 0.0864. The molecule has 4 unspecified atom stereocenters. The average Bonchev–Trinajstić information content (AvgIpc) is 2.84. The van der Waals surface area contributed by atoms with Gasteiger partial charge in [-0.05, 0) is 31.1 Å². The molecule has 0 amide bonds. The average molecular weight is 208 g/mol. The minimum atomic E-state index is -0.327. The highest BCUT2D eigenvalue weighted by Gasteiger charge is 2.73. The molecule has 2 fully saturated rings. The lowest BCUT2D eigenvalue weighted by Gasteiger charge is -2.37. The molecule has 0 heterocycles. The maximum atomic E-state index is 11.9. The predicted octanol–water partition coefficient (Wildman–Crippen LogP) is 1.12. The minimum Gasteiger partial charge on any atom is -0.463 e. The van der Waals surface area contributed by atoms with Crippen molar-refractivity contribution in [3.05, 3.63) is 12.2 Å². The summed E-state index contributed by atoms with van der Waals surface area (Å²) in [5.74, 6) is 0.970. The summed E-state index contributed by atoms with van der Waals surface area (Å²) in [6.07, 6.45) is 6.64. The van der Waals surface area contributed by atoms with Gasteiger partial charge in [-0.2, -0.15) is 0 Å². The lowest BCUT2D eigenvalue weighted by molar-refractivity contribution is -0.158. The third-order valence-corrected chi connectivity index (χ3v) is 4.53. The molecule has 0 saturated heterocycles. The van der Waals surface area contributed by atoms with Crippen molar-refractivity contribution in [2.75, 3.05) is 13.2 Å². The van der Waals surface area contributed by atoms with E-state index in [1.54, 1.807) is 0 Å². The molecule has 82 valence electrons. The predicted molar refractivity (Wildman–Crippen MR) is 53.9 cm³/mol. The molecule has 4 atom stereocenters. The van der Waals surface area contributed by atoms with Crippen molar-refractivity contribution in [3.63, 3.8) is 0 Å². The van der Waals surface area contributed by atoms with Gasteiger partial charge in [0, 0.05) is 5.92 Å². The fraction of sp³-hybridized carbons (Fsp3) is 0.750. The Labute approximate surface area is 89.1 Å². The van der Waals surface area contributed by atoms with E-state index in [1.165, 1.54) is 6.42 Å². The third kappa shape index (κ3) is 0.969. The van der Waals surface area contributed by atoms with Crippen LogP contribution in [0.3, 0.4) is 0 Å². The van der Waals surface area contributed by atoms with Crippen LogP contribution < -0.4 is 0 Å². The van der Waals surface area contributed by atoms with Crippen LogP contribution in [0, 0.1) is 22.7 Å².